The third-order valence-corrected chi connectivity index (χ3v) is 6.15. The topological polar surface area (TPSA) is 44.5 Å². The molecule has 0 aliphatic carbocycles. The molecule has 0 rings (SSSR count). The number of rotatable bonds is 8. The molecule has 0 spiro atoms. The minimum atomic E-state index is -2.11. The van der Waals surface area contributed by atoms with Crippen LogP contribution in [0.5, 0.6) is 0 Å². The molecule has 0 saturated heterocycles. The van der Waals surface area contributed by atoms with Crippen LogP contribution in [0.15, 0.2) is 0 Å². The summed E-state index contributed by atoms with van der Waals surface area (Å²) in [6.45, 7) is 5.95. The van der Waals surface area contributed by atoms with Crippen LogP contribution in [0.4, 0.5) is 0 Å². The first-order valence-corrected chi connectivity index (χ1v) is 7.55. The molecule has 80 valence electrons. The lowest BCUT2D eigenvalue weighted by Gasteiger charge is -2.27. The highest BCUT2D eigenvalue weighted by Gasteiger charge is 2.35. The molecular formula is C8H20ClNO2Si. The van der Waals surface area contributed by atoms with Gasteiger partial charge in [-0.25, -0.2) is 0 Å². The maximum absolute atomic E-state index is 5.89. The van der Waals surface area contributed by atoms with Gasteiger partial charge in [0, 0.05) is 13.2 Å². The zero-order valence-corrected chi connectivity index (χ0v) is 10.3. The predicted octanol–water partition coefficient (Wildman–Crippen LogP) is 1.63. The monoisotopic (exact) mass is 225 g/mol. The highest BCUT2D eigenvalue weighted by atomic mass is 35.5. The molecule has 0 aromatic rings. The standard InChI is InChI=1S/C8H20ClNO2Si/c1-3-11-13(8-9,12-4-2)7-5-6-10/h3-8,10H2,1-2H3. The van der Waals surface area contributed by atoms with Gasteiger partial charge in [-0.2, -0.15) is 0 Å². The Morgan fingerprint density at radius 3 is 2.08 bits per heavy atom. The maximum atomic E-state index is 5.89. The highest BCUT2D eigenvalue weighted by molar-refractivity contribution is 6.74. The van der Waals surface area contributed by atoms with Crippen LogP contribution in [0, 0.1) is 0 Å². The molecule has 3 nitrogen and oxygen atoms in total. The fraction of sp³-hybridized carbons (Fsp3) is 1.00. The van der Waals surface area contributed by atoms with E-state index in [1.165, 1.54) is 0 Å². The van der Waals surface area contributed by atoms with Gasteiger partial charge in [-0.15, -0.1) is 11.6 Å². The summed E-state index contributed by atoms with van der Waals surface area (Å²) in [4.78, 5) is 0. The predicted molar refractivity (Wildman–Crippen MR) is 58.2 cm³/mol. The van der Waals surface area contributed by atoms with E-state index in [0.29, 0.717) is 25.3 Å². The number of halogens is 1. The second-order valence-corrected chi connectivity index (χ2v) is 6.77. The van der Waals surface area contributed by atoms with Crippen LogP contribution < -0.4 is 5.73 Å². The number of alkyl halides is 1. The quantitative estimate of drug-likeness (QED) is 0.505. The van der Waals surface area contributed by atoms with E-state index in [4.69, 9.17) is 26.2 Å². The molecule has 0 amide bonds. The Hall–Kier alpha value is 0.387. The van der Waals surface area contributed by atoms with E-state index in [0.717, 1.165) is 12.5 Å². The summed E-state index contributed by atoms with van der Waals surface area (Å²) in [5, 5.41) is 0. The summed E-state index contributed by atoms with van der Waals surface area (Å²) in [5.41, 5.74) is 5.95. The molecule has 0 heterocycles. The number of hydrogen-bond acceptors (Lipinski definition) is 3. The summed E-state index contributed by atoms with van der Waals surface area (Å²) in [6, 6.07) is 0.898. The maximum Gasteiger partial charge on any atom is 0.353 e. The van der Waals surface area contributed by atoms with Gasteiger partial charge in [-0.3, -0.25) is 0 Å². The minimum absolute atomic E-state index is 0.495. The van der Waals surface area contributed by atoms with Gasteiger partial charge in [-0.05, 0) is 32.9 Å². The summed E-state index contributed by atoms with van der Waals surface area (Å²) in [5.74, 6) is 0. The number of hydrogen-bond donors (Lipinski definition) is 1. The van der Waals surface area contributed by atoms with E-state index in [-0.39, 0.29) is 0 Å². The van der Waals surface area contributed by atoms with E-state index < -0.39 is 8.56 Å². The first-order chi connectivity index (χ1) is 6.24. The Balaban J connectivity index is 4.07. The van der Waals surface area contributed by atoms with Gasteiger partial charge in [0.1, 0.15) is 0 Å². The molecule has 0 saturated carbocycles. The molecule has 0 aliphatic heterocycles. The van der Waals surface area contributed by atoms with Crippen molar-refractivity contribution in [1.82, 2.24) is 0 Å². The zero-order chi connectivity index (χ0) is 10.2. The summed E-state index contributed by atoms with van der Waals surface area (Å²) in [7, 11) is -2.11. The molecule has 2 N–H and O–H groups in total. The van der Waals surface area contributed by atoms with Gasteiger partial charge in [0.2, 0.25) is 0 Å². The largest absolute Gasteiger partial charge is 0.394 e. The van der Waals surface area contributed by atoms with Crippen LogP contribution in [0.3, 0.4) is 0 Å². The van der Waals surface area contributed by atoms with E-state index in [1.807, 2.05) is 13.8 Å². The van der Waals surface area contributed by atoms with E-state index in [9.17, 15) is 0 Å². The van der Waals surface area contributed by atoms with E-state index in [2.05, 4.69) is 0 Å². The van der Waals surface area contributed by atoms with Gasteiger partial charge in [0.25, 0.3) is 0 Å². The van der Waals surface area contributed by atoms with Crippen LogP contribution in [0.2, 0.25) is 6.04 Å². The van der Waals surface area contributed by atoms with Crippen LogP contribution in [-0.2, 0) is 8.85 Å². The first-order valence-electron chi connectivity index (χ1n) is 4.78. The van der Waals surface area contributed by atoms with Crippen molar-refractivity contribution in [2.75, 3.05) is 25.3 Å². The molecule has 0 radical (unpaired) electrons. The van der Waals surface area contributed by atoms with Gasteiger partial charge >= 0.3 is 8.56 Å². The highest BCUT2D eigenvalue weighted by Crippen LogP contribution is 2.17. The van der Waals surface area contributed by atoms with Crippen molar-refractivity contribution in [1.29, 1.82) is 0 Å². The molecule has 0 fully saturated rings. The first kappa shape index (κ1) is 13.4. The normalized spacial score (nSPS) is 12.0. The summed E-state index contributed by atoms with van der Waals surface area (Å²) < 4.78 is 11.3. The van der Waals surface area contributed by atoms with Crippen LogP contribution in [0.25, 0.3) is 0 Å². The third-order valence-electron chi connectivity index (χ3n) is 1.78. The molecule has 5 heteroatoms. The minimum Gasteiger partial charge on any atom is -0.394 e. The van der Waals surface area contributed by atoms with Crippen molar-refractivity contribution in [3.05, 3.63) is 0 Å². The van der Waals surface area contributed by atoms with Crippen molar-refractivity contribution in [3.8, 4) is 0 Å². The molecule has 0 aromatic carbocycles. The van der Waals surface area contributed by atoms with Crippen LogP contribution >= 0.6 is 11.6 Å². The Morgan fingerprint density at radius 2 is 1.77 bits per heavy atom. The zero-order valence-electron chi connectivity index (χ0n) is 8.51. The third kappa shape index (κ3) is 4.98. The smallest absolute Gasteiger partial charge is 0.353 e. The fourth-order valence-electron chi connectivity index (χ4n) is 1.23. The molecule has 0 bridgehead atoms. The second-order valence-electron chi connectivity index (χ2n) is 2.80. The Morgan fingerprint density at radius 1 is 1.23 bits per heavy atom. The SMILES string of the molecule is CCO[Si](CCl)(CCCN)OCC. The molecule has 0 unspecified atom stereocenters. The molecule has 0 atom stereocenters. The molecule has 0 aliphatic rings. The summed E-state index contributed by atoms with van der Waals surface area (Å²) in [6.07, 6.45) is 0.930. The van der Waals surface area contributed by atoms with Gasteiger partial charge in [-0.1, -0.05) is 0 Å². The van der Waals surface area contributed by atoms with Crippen molar-refractivity contribution < 1.29 is 8.85 Å². The van der Waals surface area contributed by atoms with Crippen molar-refractivity contribution in [2.24, 2.45) is 5.73 Å². The van der Waals surface area contributed by atoms with Crippen molar-refractivity contribution in [3.63, 3.8) is 0 Å². The van der Waals surface area contributed by atoms with Crippen molar-refractivity contribution >= 4 is 20.2 Å². The van der Waals surface area contributed by atoms with Gasteiger partial charge < -0.3 is 14.6 Å². The van der Waals surface area contributed by atoms with Crippen LogP contribution in [0.1, 0.15) is 20.3 Å². The molecular weight excluding hydrogens is 206 g/mol. The lowest BCUT2D eigenvalue weighted by molar-refractivity contribution is 0.187. The van der Waals surface area contributed by atoms with E-state index >= 15 is 0 Å². The van der Waals surface area contributed by atoms with Gasteiger partial charge in [0.05, 0.1) is 5.50 Å². The lowest BCUT2D eigenvalue weighted by Crippen LogP contribution is -2.45. The summed E-state index contributed by atoms with van der Waals surface area (Å²) >= 11 is 5.89. The van der Waals surface area contributed by atoms with E-state index in [1.54, 1.807) is 0 Å². The van der Waals surface area contributed by atoms with Crippen molar-refractivity contribution in [2.45, 2.75) is 26.3 Å². The van der Waals surface area contributed by atoms with Crippen LogP contribution in [-0.4, -0.2) is 33.8 Å². The number of nitrogens with two attached hydrogens (primary N) is 1. The molecule has 13 heavy (non-hydrogen) atoms. The lowest BCUT2D eigenvalue weighted by atomic mass is 10.5. The molecule has 0 aromatic heterocycles. The Bertz CT molecular complexity index is 121. The second kappa shape index (κ2) is 7.76. The average molecular weight is 226 g/mol. The average Bonchev–Trinajstić information content (AvgIpc) is 2.15. The fourth-order valence-corrected chi connectivity index (χ4v) is 4.55. The Kier molecular flexibility index (Phi) is 7.99. The Labute approximate surface area is 86.8 Å². The van der Waals surface area contributed by atoms with Gasteiger partial charge in [0.15, 0.2) is 0 Å².